The van der Waals surface area contributed by atoms with E-state index in [-0.39, 0.29) is 0 Å². The third-order valence-electron chi connectivity index (χ3n) is 3.00. The fraction of sp³-hybridized carbons (Fsp3) is 1.00. The standard InChI is InChI=1S/C14H31NO2/c1-5-14(12-15-8-11-16-4)7-10-17-9-6-13(2)3/h13-15H,5-12H2,1-4H3. The smallest absolute Gasteiger partial charge is 0.0587 e. The van der Waals surface area contributed by atoms with E-state index in [1.807, 2.05) is 0 Å². The van der Waals surface area contributed by atoms with E-state index >= 15 is 0 Å². The van der Waals surface area contributed by atoms with Crippen molar-refractivity contribution >= 4 is 0 Å². The number of nitrogens with one attached hydrogen (secondary N) is 1. The average Bonchev–Trinajstić information content (AvgIpc) is 2.31. The molecule has 3 heteroatoms. The average molecular weight is 245 g/mol. The van der Waals surface area contributed by atoms with Crippen molar-refractivity contribution in [1.29, 1.82) is 0 Å². The molecule has 3 nitrogen and oxygen atoms in total. The highest BCUT2D eigenvalue weighted by atomic mass is 16.5. The molecule has 0 radical (unpaired) electrons. The van der Waals surface area contributed by atoms with Crippen LogP contribution in [0, 0.1) is 11.8 Å². The Balaban J connectivity index is 3.34. The van der Waals surface area contributed by atoms with Gasteiger partial charge in [-0.25, -0.2) is 0 Å². The van der Waals surface area contributed by atoms with Crippen LogP contribution in [0.3, 0.4) is 0 Å². The van der Waals surface area contributed by atoms with Crippen molar-refractivity contribution in [3.63, 3.8) is 0 Å². The Kier molecular flexibility index (Phi) is 12.3. The molecule has 0 heterocycles. The highest BCUT2D eigenvalue weighted by molar-refractivity contribution is 4.60. The van der Waals surface area contributed by atoms with Crippen LogP contribution in [0.25, 0.3) is 0 Å². The zero-order valence-electron chi connectivity index (χ0n) is 12.1. The first-order chi connectivity index (χ1) is 8.20. The third-order valence-corrected chi connectivity index (χ3v) is 3.00. The Labute approximate surface area is 107 Å². The molecule has 17 heavy (non-hydrogen) atoms. The molecule has 0 spiro atoms. The molecule has 1 unspecified atom stereocenters. The number of ether oxygens (including phenoxy) is 2. The van der Waals surface area contributed by atoms with Gasteiger partial charge in [0.2, 0.25) is 0 Å². The van der Waals surface area contributed by atoms with E-state index in [0.29, 0.717) is 0 Å². The predicted octanol–water partition coefficient (Wildman–Crippen LogP) is 2.70. The van der Waals surface area contributed by atoms with Crippen molar-refractivity contribution in [2.45, 2.75) is 40.0 Å². The highest BCUT2D eigenvalue weighted by Gasteiger charge is 2.05. The predicted molar refractivity (Wildman–Crippen MR) is 73.4 cm³/mol. The Bertz CT molecular complexity index is 151. The van der Waals surface area contributed by atoms with Crippen LogP contribution in [0.2, 0.25) is 0 Å². The number of hydrogen-bond donors (Lipinski definition) is 1. The number of rotatable bonds is 12. The van der Waals surface area contributed by atoms with Crippen molar-refractivity contribution in [1.82, 2.24) is 5.32 Å². The van der Waals surface area contributed by atoms with E-state index in [9.17, 15) is 0 Å². The molecular formula is C14H31NO2. The lowest BCUT2D eigenvalue weighted by atomic mass is 10.0. The van der Waals surface area contributed by atoms with Gasteiger partial charge < -0.3 is 14.8 Å². The second kappa shape index (κ2) is 12.3. The minimum atomic E-state index is 0.728. The van der Waals surface area contributed by atoms with Crippen molar-refractivity contribution < 1.29 is 9.47 Å². The molecule has 0 aromatic heterocycles. The molecule has 0 aromatic rings. The van der Waals surface area contributed by atoms with Crippen LogP contribution >= 0.6 is 0 Å². The van der Waals surface area contributed by atoms with E-state index < -0.39 is 0 Å². The first-order valence-electron chi connectivity index (χ1n) is 6.98. The van der Waals surface area contributed by atoms with Crippen LogP contribution in [-0.2, 0) is 9.47 Å². The normalized spacial score (nSPS) is 13.2. The second-order valence-electron chi connectivity index (χ2n) is 5.05. The van der Waals surface area contributed by atoms with Crippen molar-refractivity contribution in [2.24, 2.45) is 11.8 Å². The van der Waals surface area contributed by atoms with Crippen LogP contribution in [0.1, 0.15) is 40.0 Å². The van der Waals surface area contributed by atoms with E-state index in [1.165, 1.54) is 12.8 Å². The molecule has 0 fully saturated rings. The van der Waals surface area contributed by atoms with Crippen LogP contribution in [0.15, 0.2) is 0 Å². The monoisotopic (exact) mass is 245 g/mol. The van der Waals surface area contributed by atoms with Gasteiger partial charge in [0.1, 0.15) is 0 Å². The first kappa shape index (κ1) is 16.9. The van der Waals surface area contributed by atoms with Crippen LogP contribution in [0.5, 0.6) is 0 Å². The summed E-state index contributed by atoms with van der Waals surface area (Å²) >= 11 is 0. The molecule has 1 atom stereocenters. The SMILES string of the molecule is CCC(CCOCCC(C)C)CNCCOC. The lowest BCUT2D eigenvalue weighted by Crippen LogP contribution is -2.26. The van der Waals surface area contributed by atoms with Gasteiger partial charge in [-0.05, 0) is 31.2 Å². The van der Waals surface area contributed by atoms with Gasteiger partial charge in [0.15, 0.2) is 0 Å². The maximum absolute atomic E-state index is 5.65. The largest absolute Gasteiger partial charge is 0.383 e. The molecule has 0 amide bonds. The lowest BCUT2D eigenvalue weighted by Gasteiger charge is -2.16. The molecule has 0 aliphatic carbocycles. The van der Waals surface area contributed by atoms with Crippen molar-refractivity contribution in [2.75, 3.05) is 40.0 Å². The Morgan fingerprint density at radius 3 is 2.35 bits per heavy atom. The maximum Gasteiger partial charge on any atom is 0.0587 e. The van der Waals surface area contributed by atoms with Crippen LogP contribution in [0.4, 0.5) is 0 Å². The van der Waals surface area contributed by atoms with Gasteiger partial charge >= 0.3 is 0 Å². The summed E-state index contributed by atoms with van der Waals surface area (Å²) in [7, 11) is 1.74. The molecule has 0 bridgehead atoms. The summed E-state index contributed by atoms with van der Waals surface area (Å²) in [6, 6.07) is 0. The maximum atomic E-state index is 5.65. The Hall–Kier alpha value is -0.120. The summed E-state index contributed by atoms with van der Waals surface area (Å²) in [5, 5.41) is 3.42. The zero-order valence-corrected chi connectivity index (χ0v) is 12.1. The summed E-state index contributed by atoms with van der Waals surface area (Å²) in [4.78, 5) is 0. The molecule has 1 N–H and O–H groups in total. The summed E-state index contributed by atoms with van der Waals surface area (Å²) in [6.45, 7) is 11.3. The molecular weight excluding hydrogens is 214 g/mol. The highest BCUT2D eigenvalue weighted by Crippen LogP contribution is 2.07. The van der Waals surface area contributed by atoms with Gasteiger partial charge in [-0.15, -0.1) is 0 Å². The molecule has 0 saturated carbocycles. The summed E-state index contributed by atoms with van der Waals surface area (Å²) in [6.07, 6.45) is 3.55. The molecule has 0 aliphatic rings. The topological polar surface area (TPSA) is 30.5 Å². The van der Waals surface area contributed by atoms with Gasteiger partial charge in [-0.1, -0.05) is 27.2 Å². The van der Waals surface area contributed by atoms with Crippen LogP contribution < -0.4 is 5.32 Å². The van der Waals surface area contributed by atoms with Crippen LogP contribution in [-0.4, -0.2) is 40.0 Å². The fourth-order valence-corrected chi connectivity index (χ4v) is 1.60. The minimum Gasteiger partial charge on any atom is -0.383 e. The minimum absolute atomic E-state index is 0.728. The zero-order chi connectivity index (χ0) is 12.9. The lowest BCUT2D eigenvalue weighted by molar-refractivity contribution is 0.109. The summed E-state index contributed by atoms with van der Waals surface area (Å²) in [5.74, 6) is 1.47. The van der Waals surface area contributed by atoms with E-state index in [4.69, 9.17) is 9.47 Å². The molecule has 0 saturated heterocycles. The molecule has 0 aliphatic heterocycles. The first-order valence-corrected chi connectivity index (χ1v) is 6.98. The Morgan fingerprint density at radius 2 is 1.76 bits per heavy atom. The second-order valence-corrected chi connectivity index (χ2v) is 5.05. The van der Waals surface area contributed by atoms with Crippen molar-refractivity contribution in [3.8, 4) is 0 Å². The third kappa shape index (κ3) is 12.1. The molecule has 0 aromatic carbocycles. The number of methoxy groups -OCH3 is 1. The summed E-state index contributed by atoms with van der Waals surface area (Å²) < 4.78 is 10.7. The van der Waals surface area contributed by atoms with E-state index in [2.05, 4.69) is 26.1 Å². The van der Waals surface area contributed by atoms with E-state index in [0.717, 1.165) is 51.2 Å². The molecule has 0 rings (SSSR count). The quantitative estimate of drug-likeness (QED) is 0.536. The fourth-order valence-electron chi connectivity index (χ4n) is 1.60. The van der Waals surface area contributed by atoms with Gasteiger partial charge in [-0.2, -0.15) is 0 Å². The van der Waals surface area contributed by atoms with Gasteiger partial charge in [0.05, 0.1) is 6.61 Å². The molecule has 104 valence electrons. The van der Waals surface area contributed by atoms with Gasteiger partial charge in [-0.3, -0.25) is 0 Å². The van der Waals surface area contributed by atoms with Crippen molar-refractivity contribution in [3.05, 3.63) is 0 Å². The van der Waals surface area contributed by atoms with Gasteiger partial charge in [0.25, 0.3) is 0 Å². The van der Waals surface area contributed by atoms with E-state index in [1.54, 1.807) is 7.11 Å². The number of hydrogen-bond acceptors (Lipinski definition) is 3. The van der Waals surface area contributed by atoms with Gasteiger partial charge in [0, 0.05) is 26.9 Å². The Morgan fingerprint density at radius 1 is 1.06 bits per heavy atom. The summed E-state index contributed by atoms with van der Waals surface area (Å²) in [5.41, 5.74) is 0.